The molecular weight excluding hydrogens is 284 g/mol. The normalized spacial score (nSPS) is 9.48. The molecule has 0 radical (unpaired) electrons. The Labute approximate surface area is 136 Å². The maximum atomic E-state index is 11.5. The molecule has 114 valence electrons. The van der Waals surface area contributed by atoms with Gasteiger partial charge in [-0.05, 0) is 29.8 Å². The number of rotatable bonds is 4. The molecule has 0 aromatic heterocycles. The molecular formula is C20H18N2O. The van der Waals surface area contributed by atoms with Crippen molar-refractivity contribution in [2.45, 2.75) is 0 Å². The minimum absolute atomic E-state index is 0.0152. The summed E-state index contributed by atoms with van der Waals surface area (Å²) < 4.78 is 0. The highest BCUT2D eigenvalue weighted by molar-refractivity contribution is 5.97. The lowest BCUT2D eigenvalue weighted by Gasteiger charge is -2.01. The van der Waals surface area contributed by atoms with E-state index in [-0.39, 0.29) is 12.3 Å². The highest BCUT2D eigenvalue weighted by atomic mass is 16.1. The van der Waals surface area contributed by atoms with E-state index in [1.54, 1.807) is 12.1 Å². The number of nitrogens with two attached hydrogens (primary N) is 2. The number of hydrogen-bond donors (Lipinski definition) is 2. The molecule has 0 saturated carbocycles. The van der Waals surface area contributed by atoms with Gasteiger partial charge in [-0.25, -0.2) is 0 Å². The van der Waals surface area contributed by atoms with Crippen molar-refractivity contribution in [3.05, 3.63) is 83.1 Å². The molecule has 0 amide bonds. The van der Waals surface area contributed by atoms with Gasteiger partial charge < -0.3 is 11.5 Å². The maximum Gasteiger partial charge on any atom is 0.176 e. The minimum Gasteiger partial charge on any atom is -0.326 e. The summed E-state index contributed by atoms with van der Waals surface area (Å²) in [6, 6.07) is 14.9. The monoisotopic (exact) mass is 302 g/mol. The molecule has 0 unspecified atom stereocenters. The fourth-order valence-corrected chi connectivity index (χ4v) is 2.05. The van der Waals surface area contributed by atoms with Gasteiger partial charge in [0.05, 0.1) is 6.54 Å². The van der Waals surface area contributed by atoms with Crippen molar-refractivity contribution in [2.24, 2.45) is 11.5 Å². The largest absolute Gasteiger partial charge is 0.326 e. The van der Waals surface area contributed by atoms with Gasteiger partial charge in [-0.1, -0.05) is 42.7 Å². The van der Waals surface area contributed by atoms with E-state index >= 15 is 0 Å². The van der Waals surface area contributed by atoms with E-state index in [2.05, 4.69) is 24.2 Å². The Morgan fingerprint density at radius 2 is 1.30 bits per heavy atom. The maximum absolute atomic E-state index is 11.5. The third-order valence-electron chi connectivity index (χ3n) is 3.39. The van der Waals surface area contributed by atoms with Gasteiger partial charge in [0.15, 0.2) is 5.78 Å². The zero-order chi connectivity index (χ0) is 16.7. The van der Waals surface area contributed by atoms with Crippen LogP contribution in [0.2, 0.25) is 0 Å². The van der Waals surface area contributed by atoms with Gasteiger partial charge in [0.2, 0.25) is 0 Å². The predicted octanol–water partition coefficient (Wildman–Crippen LogP) is 2.35. The Morgan fingerprint density at radius 1 is 0.826 bits per heavy atom. The second-order valence-corrected chi connectivity index (χ2v) is 4.89. The Bertz CT molecular complexity index is 799. The van der Waals surface area contributed by atoms with Crippen LogP contribution in [0.15, 0.2) is 60.8 Å². The lowest BCUT2D eigenvalue weighted by molar-refractivity contribution is 0.100. The van der Waals surface area contributed by atoms with Crippen LogP contribution >= 0.6 is 0 Å². The molecule has 0 fully saturated rings. The molecule has 0 heterocycles. The van der Waals surface area contributed by atoms with E-state index in [9.17, 15) is 4.79 Å². The van der Waals surface area contributed by atoms with E-state index < -0.39 is 0 Å². The smallest absolute Gasteiger partial charge is 0.176 e. The number of ketones is 1. The van der Waals surface area contributed by atoms with E-state index in [0.717, 1.165) is 22.3 Å². The van der Waals surface area contributed by atoms with Crippen molar-refractivity contribution in [1.82, 2.24) is 0 Å². The van der Waals surface area contributed by atoms with Gasteiger partial charge in [-0.3, -0.25) is 4.79 Å². The number of carbonyl (C=O) groups is 1. The predicted molar refractivity (Wildman–Crippen MR) is 93.9 cm³/mol. The van der Waals surface area contributed by atoms with Gasteiger partial charge >= 0.3 is 0 Å². The first kappa shape index (κ1) is 16.5. The minimum atomic E-state index is -0.0777. The van der Waals surface area contributed by atoms with Crippen molar-refractivity contribution in [3.8, 4) is 11.8 Å². The number of hydrogen-bond acceptors (Lipinski definition) is 3. The Hall–Kier alpha value is -2.89. The molecule has 3 nitrogen and oxygen atoms in total. The van der Waals surface area contributed by atoms with Crippen LogP contribution < -0.4 is 11.5 Å². The van der Waals surface area contributed by atoms with Crippen LogP contribution in [-0.4, -0.2) is 18.9 Å². The third-order valence-corrected chi connectivity index (χ3v) is 3.39. The first-order chi connectivity index (χ1) is 11.2. The van der Waals surface area contributed by atoms with E-state index in [4.69, 9.17) is 11.5 Å². The van der Waals surface area contributed by atoms with Crippen LogP contribution in [-0.2, 0) is 0 Å². The lowest BCUT2D eigenvalue weighted by atomic mass is 10.0. The van der Waals surface area contributed by atoms with E-state index in [1.165, 1.54) is 0 Å². The van der Waals surface area contributed by atoms with Crippen LogP contribution in [0, 0.1) is 11.8 Å². The fraction of sp³-hybridized carbons (Fsp3) is 0.100. The molecule has 0 aliphatic carbocycles. The molecule has 3 heteroatoms. The molecule has 2 aromatic carbocycles. The summed E-state index contributed by atoms with van der Waals surface area (Å²) in [6.07, 6.45) is 0. The molecule has 4 N–H and O–H groups in total. The molecule has 2 aromatic rings. The lowest BCUT2D eigenvalue weighted by Crippen LogP contribution is -2.13. The summed E-state index contributed by atoms with van der Waals surface area (Å²) in [7, 11) is 0. The number of Topliss-reactive ketones (excluding diaryl/α,β-unsaturated/α-hetero) is 1. The molecule has 0 spiro atoms. The molecule has 0 bridgehead atoms. The number of carbonyl (C=O) groups excluding carboxylic acids is 1. The summed E-state index contributed by atoms with van der Waals surface area (Å²) in [5, 5.41) is 0. The molecule has 0 aliphatic heterocycles. The van der Waals surface area contributed by atoms with Crippen molar-refractivity contribution in [1.29, 1.82) is 0 Å². The Kier molecular flexibility index (Phi) is 5.68. The van der Waals surface area contributed by atoms with Crippen molar-refractivity contribution >= 4 is 11.4 Å². The van der Waals surface area contributed by atoms with Crippen LogP contribution in [0.1, 0.15) is 27.0 Å². The van der Waals surface area contributed by atoms with Crippen molar-refractivity contribution < 1.29 is 4.79 Å². The average molecular weight is 302 g/mol. The van der Waals surface area contributed by atoms with E-state index in [1.807, 2.05) is 36.4 Å². The average Bonchev–Trinajstić information content (AvgIpc) is 2.62. The molecule has 0 aliphatic rings. The first-order valence-electron chi connectivity index (χ1n) is 7.22. The quantitative estimate of drug-likeness (QED) is 0.517. The van der Waals surface area contributed by atoms with Gasteiger partial charge in [-0.2, -0.15) is 0 Å². The highest BCUT2D eigenvalue weighted by Gasteiger charge is 2.01. The van der Waals surface area contributed by atoms with Crippen LogP contribution in [0.5, 0.6) is 0 Å². The summed E-state index contributed by atoms with van der Waals surface area (Å²) in [6.45, 7) is 4.05. The van der Waals surface area contributed by atoms with Gasteiger partial charge in [0, 0.05) is 28.8 Å². The van der Waals surface area contributed by atoms with Crippen LogP contribution in [0.4, 0.5) is 0 Å². The Balaban J connectivity index is 2.15. The highest BCUT2D eigenvalue weighted by Crippen LogP contribution is 2.12. The molecule has 0 saturated heterocycles. The zero-order valence-corrected chi connectivity index (χ0v) is 12.8. The summed E-state index contributed by atoms with van der Waals surface area (Å²) in [4.78, 5) is 11.5. The van der Waals surface area contributed by atoms with Crippen molar-refractivity contribution in [3.63, 3.8) is 0 Å². The summed E-state index contributed by atoms with van der Waals surface area (Å²) >= 11 is 0. The topological polar surface area (TPSA) is 69.1 Å². The van der Waals surface area contributed by atoms with Gasteiger partial charge in [0.25, 0.3) is 0 Å². The summed E-state index contributed by atoms with van der Waals surface area (Å²) in [5.74, 6) is 6.08. The standard InChI is InChI=1S/C20H18N2O/c1-2-17(13-21)18-9-5-15(6-10-18)3-4-16-7-11-19(12-8-16)20(23)14-22/h5-12H,1,13-14,21-22H2. The fourth-order valence-electron chi connectivity index (χ4n) is 2.05. The molecule has 2 rings (SSSR count). The first-order valence-corrected chi connectivity index (χ1v) is 7.22. The van der Waals surface area contributed by atoms with Crippen LogP contribution in [0.3, 0.4) is 0 Å². The Morgan fingerprint density at radius 3 is 1.70 bits per heavy atom. The molecule has 0 atom stereocenters. The second kappa shape index (κ2) is 7.93. The van der Waals surface area contributed by atoms with E-state index in [0.29, 0.717) is 12.1 Å². The van der Waals surface area contributed by atoms with Crippen molar-refractivity contribution in [2.75, 3.05) is 13.1 Å². The van der Waals surface area contributed by atoms with Gasteiger partial charge in [-0.15, -0.1) is 5.73 Å². The molecule has 23 heavy (non-hydrogen) atoms. The van der Waals surface area contributed by atoms with Gasteiger partial charge in [0.1, 0.15) is 0 Å². The number of benzene rings is 2. The summed E-state index contributed by atoms with van der Waals surface area (Å²) in [5.41, 5.74) is 18.0. The zero-order valence-electron chi connectivity index (χ0n) is 12.8. The second-order valence-electron chi connectivity index (χ2n) is 4.89. The third kappa shape index (κ3) is 4.29. The van der Waals surface area contributed by atoms with Crippen LogP contribution in [0.25, 0.3) is 5.57 Å². The SMILES string of the molecule is C=C=C(CN)c1ccc(C#Cc2ccc(C(=O)CN)cc2)cc1.